The number of carbonyl (C=O) groups excluding carboxylic acids is 12. The highest BCUT2D eigenvalue weighted by Crippen LogP contribution is 2.46. The van der Waals surface area contributed by atoms with Crippen molar-refractivity contribution in [2.45, 2.75) is 267 Å². The van der Waals surface area contributed by atoms with Crippen molar-refractivity contribution in [2.75, 3.05) is 82.1 Å². The quantitative estimate of drug-likeness (QED) is 0.130. The summed E-state index contributed by atoms with van der Waals surface area (Å²) < 4.78 is 115. The summed E-state index contributed by atoms with van der Waals surface area (Å²) in [4.78, 5) is 191. The van der Waals surface area contributed by atoms with E-state index in [0.29, 0.717) is 57.8 Å². The van der Waals surface area contributed by atoms with Crippen LogP contribution in [-0.2, 0) is 57.5 Å². The minimum Gasteiger partial charge on any atom is -0.344 e. The first kappa shape index (κ1) is 87.1. The first-order chi connectivity index (χ1) is 50.2. The number of carbonyl (C=O) groups is 12. The fourth-order valence-corrected chi connectivity index (χ4v) is 17.3. The van der Waals surface area contributed by atoms with Crippen LogP contribution < -0.4 is 16.0 Å². The highest BCUT2D eigenvalue weighted by molar-refractivity contribution is 6.01. The molecule has 24 nitrogen and oxygen atoms in total. The van der Waals surface area contributed by atoms with E-state index in [-0.39, 0.29) is 96.2 Å². The Morgan fingerprint density at radius 1 is 0.626 bits per heavy atom. The van der Waals surface area contributed by atoms with Crippen LogP contribution in [0.3, 0.4) is 0 Å². The summed E-state index contributed by atoms with van der Waals surface area (Å²) in [5.74, 6) is -16.8. The van der Waals surface area contributed by atoms with E-state index in [1.54, 1.807) is 32.9 Å². The number of hydrogen-bond donors (Lipinski definition) is 3. The van der Waals surface area contributed by atoms with Crippen LogP contribution in [0.1, 0.15) is 189 Å². The lowest BCUT2D eigenvalue weighted by molar-refractivity contribution is -0.219. The fourth-order valence-electron chi connectivity index (χ4n) is 17.3. The van der Waals surface area contributed by atoms with Gasteiger partial charge in [0.15, 0.2) is 0 Å². The summed E-state index contributed by atoms with van der Waals surface area (Å²) in [5.41, 5.74) is -1.68. The van der Waals surface area contributed by atoms with Gasteiger partial charge in [-0.2, -0.15) is 26.3 Å². The third-order valence-electron chi connectivity index (χ3n) is 24.5. The Balaban J connectivity index is 1.32. The number of rotatable bonds is 12. The predicted molar refractivity (Wildman–Crippen MR) is 380 cm³/mol. The Hall–Kier alpha value is -7.18. The second kappa shape index (κ2) is 37.5. The van der Waals surface area contributed by atoms with Gasteiger partial charge in [-0.05, 0) is 153 Å². The Bertz CT molecular complexity index is 3190. The summed E-state index contributed by atoms with van der Waals surface area (Å²) in [6, 6.07) is -11.2. The maximum atomic E-state index is 15.7. The smallest absolute Gasteiger partial charge is 0.344 e. The van der Waals surface area contributed by atoms with Crippen LogP contribution in [0.4, 0.5) is 35.1 Å². The van der Waals surface area contributed by atoms with Gasteiger partial charge in [-0.3, -0.25) is 57.5 Å². The minimum absolute atomic E-state index is 0.00442. The molecule has 0 aromatic carbocycles. The molecule has 2 saturated heterocycles. The fraction of sp³-hybridized carbons (Fsp3) is 0.813. The van der Waals surface area contributed by atoms with Crippen molar-refractivity contribution in [2.24, 2.45) is 41.4 Å². The zero-order chi connectivity index (χ0) is 79.5. The number of nitrogens with zero attached hydrogens (tertiary/aromatic N) is 9. The van der Waals surface area contributed by atoms with Crippen molar-refractivity contribution in [3.63, 3.8) is 0 Å². The Morgan fingerprint density at radius 3 is 1.82 bits per heavy atom. The van der Waals surface area contributed by atoms with E-state index in [1.807, 2.05) is 6.92 Å². The van der Waals surface area contributed by atoms with Crippen LogP contribution in [0.2, 0.25) is 0 Å². The van der Waals surface area contributed by atoms with E-state index in [2.05, 4.69) is 16.0 Å². The molecule has 3 heterocycles. The first-order valence-electron chi connectivity index (χ1n) is 38.6. The largest absolute Gasteiger partial charge is 0.397 e. The molecule has 4 aliphatic carbocycles. The van der Waals surface area contributed by atoms with Crippen LogP contribution in [-0.4, -0.2) is 276 Å². The van der Waals surface area contributed by atoms with Crippen LogP contribution >= 0.6 is 0 Å². The van der Waals surface area contributed by atoms with Crippen LogP contribution in [0.15, 0.2) is 12.2 Å². The van der Waals surface area contributed by atoms with Crippen LogP contribution in [0.25, 0.3) is 0 Å². The zero-order valence-corrected chi connectivity index (χ0v) is 64.4. The lowest BCUT2D eigenvalue weighted by Crippen LogP contribution is -2.65. The van der Waals surface area contributed by atoms with Crippen LogP contribution in [0, 0.1) is 41.4 Å². The maximum absolute atomic E-state index is 15.7. The van der Waals surface area contributed by atoms with E-state index in [4.69, 9.17) is 0 Å². The molecule has 0 aromatic rings. The Labute approximate surface area is 624 Å². The van der Waals surface area contributed by atoms with E-state index in [0.717, 1.165) is 24.5 Å². The molecular formula is C75H116F8N12O12. The third kappa shape index (κ3) is 21.0. The lowest BCUT2D eigenvalue weighted by atomic mass is 9.76. The Kier molecular flexibility index (Phi) is 30.5. The molecule has 6 fully saturated rings. The highest BCUT2D eigenvalue weighted by atomic mass is 19.4. The van der Waals surface area contributed by atoms with Gasteiger partial charge in [0.2, 0.25) is 70.9 Å². The molecule has 3 aliphatic heterocycles. The van der Waals surface area contributed by atoms with Gasteiger partial charge in [0.1, 0.15) is 72.1 Å². The molecule has 7 aliphatic rings. The van der Waals surface area contributed by atoms with Crippen molar-refractivity contribution in [3.8, 4) is 0 Å². The molecule has 7 rings (SSSR count). The van der Waals surface area contributed by atoms with Gasteiger partial charge in [0.05, 0.1) is 25.4 Å². The van der Waals surface area contributed by atoms with Gasteiger partial charge in [0, 0.05) is 69.0 Å². The van der Waals surface area contributed by atoms with E-state index < -0.39 is 224 Å². The number of amides is 12. The number of halogens is 8. The number of likely N-dealkylation sites (N-methyl/N-ethyl adjacent to an activating group) is 7. The molecular weight excluding hydrogens is 1410 g/mol. The summed E-state index contributed by atoms with van der Waals surface area (Å²) in [6.07, 6.45) is -10.3. The Morgan fingerprint density at radius 2 is 1.24 bits per heavy atom. The normalized spacial score (nSPS) is 32.2. The van der Waals surface area contributed by atoms with Crippen molar-refractivity contribution < 1.29 is 92.7 Å². The van der Waals surface area contributed by atoms with E-state index in [1.165, 1.54) is 75.9 Å². The lowest BCUT2D eigenvalue weighted by Gasteiger charge is -2.42. The van der Waals surface area contributed by atoms with Crippen molar-refractivity contribution in [3.05, 3.63) is 12.2 Å². The van der Waals surface area contributed by atoms with E-state index >= 15 is 37.5 Å². The standard InChI is InChI=1S/C75H116F8N12O12/c1-13-23-48-39-55-65(100)86-73(33-20-21-34-73)72(107)93(12)63(49-24-18-19-25-49)71(106)92(11)56(67(102)87(6)15-3)40-59(97)90(9)45(5)64(99)85-62(44(4)14-2)70(105)89(8)43-60(98)91(10)54-26-17-16-22-35-94(69(54)104)57(38-46-27-30-50(31-28-46)74(78,79)80)68(103)88(7)42-58(96)84-53(66(101)95(55)41-48)32-29-47-36-51(76)61(52(77)37-47)75(81,82)83/h16-17,44-57,61-63H,13-15,18-43H2,1-12H3,(H,84,96)(H,85,99)(H,86,100)/b17-16-/t44-,45-,46?,47?,48+,50?,51?,52?,53-,54-,55-,56-,57-,61?,62-,63-/m0/s1. The average molecular weight is 1530 g/mol. The monoisotopic (exact) mass is 1530 g/mol. The van der Waals surface area contributed by atoms with Gasteiger partial charge in [-0.15, -0.1) is 0 Å². The van der Waals surface area contributed by atoms with Crippen molar-refractivity contribution >= 4 is 70.9 Å². The molecule has 1 spiro atoms. The summed E-state index contributed by atoms with van der Waals surface area (Å²) in [5, 5.41) is 8.48. The molecule has 12 amide bonds. The second-order valence-electron chi connectivity index (χ2n) is 31.7. The molecule has 12 atom stereocenters. The summed E-state index contributed by atoms with van der Waals surface area (Å²) >= 11 is 0. The number of fused-ring (bicyclic) bond motifs is 3. The molecule has 2 bridgehead atoms. The maximum Gasteiger partial charge on any atom is 0.397 e. The SMILES string of the molecule is CCC[C@@H]1C[C@H]2C(=O)NC3(CCCC3)C(=O)N(C)[C@@H](C3CCCC3)C(=O)N(C)[C@H](C(=O)N(C)CC)CC(=O)N(C)[C@@H](C)C(=O)N[C@@H]([C@@H](C)CC)C(=O)N(C)CC(=O)N(C)[C@H]3C/C=C\CCN(C3=O)[C@@H](CC3CCC(C(F)(F)F)CC3)C(=O)N(C)CC(=O)N[C@@H](CCC3CC(F)C(C(F)(F)F)C(F)C3)C(=O)N2C1. The molecule has 604 valence electrons. The van der Waals surface area contributed by atoms with Gasteiger partial charge in [0.25, 0.3) is 0 Å². The summed E-state index contributed by atoms with van der Waals surface area (Å²) in [7, 11) is 9.50. The molecule has 0 aromatic heterocycles. The topological polar surface area (TPSA) is 270 Å². The molecule has 107 heavy (non-hydrogen) atoms. The second-order valence-corrected chi connectivity index (χ2v) is 31.7. The number of hydrogen-bond acceptors (Lipinski definition) is 12. The number of alkyl halides is 8. The van der Waals surface area contributed by atoms with Gasteiger partial charge in [-0.25, -0.2) is 8.78 Å². The van der Waals surface area contributed by atoms with Gasteiger partial charge >= 0.3 is 12.4 Å². The first-order valence-corrected chi connectivity index (χ1v) is 38.6. The van der Waals surface area contributed by atoms with Gasteiger partial charge < -0.3 is 60.0 Å². The minimum atomic E-state index is -5.21. The molecule has 0 radical (unpaired) electrons. The predicted octanol–water partition coefficient (Wildman–Crippen LogP) is 7.12. The third-order valence-corrected chi connectivity index (χ3v) is 24.5. The molecule has 32 heteroatoms. The highest BCUT2D eigenvalue weighted by Gasteiger charge is 2.56. The summed E-state index contributed by atoms with van der Waals surface area (Å²) in [6.45, 7) is 6.88. The van der Waals surface area contributed by atoms with Crippen molar-refractivity contribution in [1.29, 1.82) is 0 Å². The van der Waals surface area contributed by atoms with Gasteiger partial charge in [-0.1, -0.05) is 71.4 Å². The zero-order valence-electron chi connectivity index (χ0n) is 64.4. The molecule has 3 N–H and O–H groups in total. The average Bonchev–Trinajstić information content (AvgIpc) is 1.72. The van der Waals surface area contributed by atoms with Crippen molar-refractivity contribution in [1.82, 2.24) is 60.0 Å². The molecule has 4 saturated carbocycles. The number of nitrogens with one attached hydrogen (secondary N) is 3. The van der Waals surface area contributed by atoms with Crippen LogP contribution in [0.5, 0.6) is 0 Å². The van der Waals surface area contributed by atoms with E-state index in [9.17, 15) is 55.1 Å². The molecule has 2 unspecified atom stereocenters.